The van der Waals surface area contributed by atoms with E-state index in [1.807, 2.05) is 43.5 Å². The number of benzene rings is 1. The maximum Gasteiger partial charge on any atom is 0.138 e. The molecule has 0 unspecified atom stereocenters. The number of hydrogen-bond donors (Lipinski definition) is 0. The zero-order valence-electron chi connectivity index (χ0n) is 9.86. The Balaban J connectivity index is 2.76. The quantitative estimate of drug-likeness (QED) is 0.734. The first kappa shape index (κ1) is 12.9. The van der Waals surface area contributed by atoms with Crippen LogP contribution in [0, 0.1) is 11.3 Å². The Morgan fingerprint density at radius 3 is 2.75 bits per heavy atom. The van der Waals surface area contributed by atoms with Gasteiger partial charge in [0.1, 0.15) is 24.0 Å². The first-order chi connectivity index (χ1) is 7.69. The number of hydrogen-bond acceptors (Lipinski definition) is 4. The molecule has 0 atom stereocenters. The summed E-state index contributed by atoms with van der Waals surface area (Å²) in [7, 11) is 3.99. The minimum absolute atomic E-state index is 0.597. The van der Waals surface area contributed by atoms with Crippen LogP contribution in [-0.4, -0.2) is 38.4 Å². The first-order valence-electron chi connectivity index (χ1n) is 5.03. The summed E-state index contributed by atoms with van der Waals surface area (Å²) in [6.07, 6.45) is 1.96. The average Bonchev–Trinajstić information content (AvgIpc) is 2.28. The van der Waals surface area contributed by atoms with E-state index in [1.165, 1.54) is 0 Å². The summed E-state index contributed by atoms with van der Waals surface area (Å²) in [4.78, 5) is 3.01. The van der Waals surface area contributed by atoms with Gasteiger partial charge in [-0.3, -0.25) is 0 Å². The zero-order valence-corrected chi connectivity index (χ0v) is 10.7. The Hall–Kier alpha value is -1.18. The van der Waals surface area contributed by atoms with Crippen LogP contribution in [0.4, 0.5) is 0 Å². The molecule has 0 bridgehead atoms. The fourth-order valence-electron chi connectivity index (χ4n) is 1.25. The van der Waals surface area contributed by atoms with Gasteiger partial charge in [-0.2, -0.15) is 5.26 Å². The number of rotatable bonds is 5. The smallest absolute Gasteiger partial charge is 0.138 e. The molecule has 0 N–H and O–H groups in total. The fourth-order valence-corrected chi connectivity index (χ4v) is 1.81. The second-order valence-electron chi connectivity index (χ2n) is 3.60. The van der Waals surface area contributed by atoms with Crippen LogP contribution in [0.2, 0.25) is 0 Å². The van der Waals surface area contributed by atoms with Crippen LogP contribution in [0.5, 0.6) is 5.75 Å². The van der Waals surface area contributed by atoms with Crippen molar-refractivity contribution in [1.82, 2.24) is 4.90 Å². The minimum atomic E-state index is 0.597. The minimum Gasteiger partial charge on any atom is -0.491 e. The standard InChI is InChI=1S/C12H16N2OS/c1-14(2)7-8-15-11-5-4-6-12(16-3)10(11)9-13/h4-6H,7-8H2,1-3H3. The van der Waals surface area contributed by atoms with Gasteiger partial charge in [0.25, 0.3) is 0 Å². The third-order valence-electron chi connectivity index (χ3n) is 2.12. The van der Waals surface area contributed by atoms with Gasteiger partial charge in [-0.25, -0.2) is 0 Å². The lowest BCUT2D eigenvalue weighted by Gasteiger charge is -2.12. The topological polar surface area (TPSA) is 36.3 Å². The second-order valence-corrected chi connectivity index (χ2v) is 4.45. The molecule has 0 saturated carbocycles. The monoisotopic (exact) mass is 236 g/mol. The van der Waals surface area contributed by atoms with E-state index in [4.69, 9.17) is 10.00 Å². The molecular weight excluding hydrogens is 220 g/mol. The molecule has 0 aliphatic carbocycles. The summed E-state index contributed by atoms with van der Waals surface area (Å²) >= 11 is 1.56. The molecule has 0 spiro atoms. The number of ether oxygens (including phenoxy) is 1. The van der Waals surface area contributed by atoms with Crippen molar-refractivity contribution in [2.45, 2.75) is 4.90 Å². The highest BCUT2D eigenvalue weighted by Gasteiger charge is 2.08. The van der Waals surface area contributed by atoms with Crippen LogP contribution in [0.25, 0.3) is 0 Å². The lowest BCUT2D eigenvalue weighted by molar-refractivity contribution is 0.260. The Labute approximate surface area is 101 Å². The molecule has 0 aromatic heterocycles. The second kappa shape index (κ2) is 6.41. The zero-order chi connectivity index (χ0) is 12.0. The molecule has 0 fully saturated rings. The molecular formula is C12H16N2OS. The van der Waals surface area contributed by atoms with Gasteiger partial charge in [0.2, 0.25) is 0 Å². The van der Waals surface area contributed by atoms with Crippen molar-refractivity contribution < 1.29 is 4.74 Å². The maximum atomic E-state index is 9.09. The molecule has 1 rings (SSSR count). The van der Waals surface area contributed by atoms with Crippen molar-refractivity contribution in [3.05, 3.63) is 23.8 Å². The molecule has 0 saturated heterocycles. The van der Waals surface area contributed by atoms with E-state index >= 15 is 0 Å². The lowest BCUT2D eigenvalue weighted by Crippen LogP contribution is -2.19. The van der Waals surface area contributed by atoms with Crippen LogP contribution in [-0.2, 0) is 0 Å². The van der Waals surface area contributed by atoms with Crippen LogP contribution in [0.15, 0.2) is 23.1 Å². The molecule has 0 aliphatic heterocycles. The van der Waals surface area contributed by atoms with Crippen molar-refractivity contribution in [3.63, 3.8) is 0 Å². The van der Waals surface area contributed by atoms with Gasteiger partial charge < -0.3 is 9.64 Å². The van der Waals surface area contributed by atoms with Crippen LogP contribution in [0.3, 0.4) is 0 Å². The molecule has 3 nitrogen and oxygen atoms in total. The van der Waals surface area contributed by atoms with Gasteiger partial charge in [0.05, 0.1) is 0 Å². The van der Waals surface area contributed by atoms with Gasteiger partial charge in [0, 0.05) is 11.4 Å². The molecule has 86 valence electrons. The summed E-state index contributed by atoms with van der Waals surface area (Å²) in [5.41, 5.74) is 0.633. The highest BCUT2D eigenvalue weighted by molar-refractivity contribution is 7.98. The summed E-state index contributed by atoms with van der Waals surface area (Å²) in [6.45, 7) is 1.44. The van der Waals surface area contributed by atoms with Crippen molar-refractivity contribution in [3.8, 4) is 11.8 Å². The van der Waals surface area contributed by atoms with Crippen LogP contribution >= 0.6 is 11.8 Å². The van der Waals surface area contributed by atoms with E-state index in [0.717, 1.165) is 11.4 Å². The van der Waals surface area contributed by atoms with Gasteiger partial charge in [0.15, 0.2) is 0 Å². The van der Waals surface area contributed by atoms with E-state index < -0.39 is 0 Å². The van der Waals surface area contributed by atoms with Crippen molar-refractivity contribution in [1.29, 1.82) is 5.26 Å². The summed E-state index contributed by atoms with van der Waals surface area (Å²) in [5.74, 6) is 0.677. The van der Waals surface area contributed by atoms with E-state index in [2.05, 4.69) is 6.07 Å². The molecule has 0 heterocycles. The predicted molar refractivity (Wildman–Crippen MR) is 67.0 cm³/mol. The molecule has 0 radical (unpaired) electrons. The van der Waals surface area contributed by atoms with E-state index in [9.17, 15) is 0 Å². The molecule has 16 heavy (non-hydrogen) atoms. The third kappa shape index (κ3) is 3.44. The largest absolute Gasteiger partial charge is 0.491 e. The van der Waals surface area contributed by atoms with Gasteiger partial charge in [-0.1, -0.05) is 6.07 Å². The van der Waals surface area contributed by atoms with Gasteiger partial charge in [-0.15, -0.1) is 11.8 Å². The molecule has 1 aromatic rings. The van der Waals surface area contributed by atoms with Crippen molar-refractivity contribution in [2.24, 2.45) is 0 Å². The van der Waals surface area contributed by atoms with Crippen molar-refractivity contribution in [2.75, 3.05) is 33.5 Å². The van der Waals surface area contributed by atoms with Crippen LogP contribution in [0.1, 0.15) is 5.56 Å². The fraction of sp³-hybridized carbons (Fsp3) is 0.417. The Kier molecular flexibility index (Phi) is 5.17. The SMILES string of the molecule is CSc1cccc(OCCN(C)C)c1C#N. The molecule has 4 heteroatoms. The average molecular weight is 236 g/mol. The molecule has 0 amide bonds. The number of nitrogens with zero attached hydrogens (tertiary/aromatic N) is 2. The third-order valence-corrected chi connectivity index (χ3v) is 2.90. The number of nitriles is 1. The Morgan fingerprint density at radius 2 is 2.19 bits per heavy atom. The van der Waals surface area contributed by atoms with E-state index in [1.54, 1.807) is 11.8 Å². The van der Waals surface area contributed by atoms with Crippen molar-refractivity contribution >= 4 is 11.8 Å². The Morgan fingerprint density at radius 1 is 1.44 bits per heavy atom. The molecule has 1 aromatic carbocycles. The Bertz CT molecular complexity index is 385. The van der Waals surface area contributed by atoms with Crippen LogP contribution < -0.4 is 4.74 Å². The summed E-state index contributed by atoms with van der Waals surface area (Å²) in [5, 5.41) is 9.09. The number of likely N-dealkylation sites (N-methyl/N-ethyl adjacent to an activating group) is 1. The lowest BCUT2D eigenvalue weighted by atomic mass is 10.2. The predicted octanol–water partition coefficient (Wildman–Crippen LogP) is 2.22. The highest BCUT2D eigenvalue weighted by Crippen LogP contribution is 2.27. The van der Waals surface area contributed by atoms with E-state index in [0.29, 0.717) is 17.9 Å². The normalized spacial score (nSPS) is 10.2. The molecule has 0 aliphatic rings. The first-order valence-corrected chi connectivity index (χ1v) is 6.26. The highest BCUT2D eigenvalue weighted by atomic mass is 32.2. The van der Waals surface area contributed by atoms with Gasteiger partial charge in [-0.05, 0) is 32.5 Å². The number of thioether (sulfide) groups is 1. The maximum absolute atomic E-state index is 9.09. The summed E-state index contributed by atoms with van der Waals surface area (Å²) in [6, 6.07) is 7.88. The van der Waals surface area contributed by atoms with Gasteiger partial charge >= 0.3 is 0 Å². The van der Waals surface area contributed by atoms with E-state index in [-0.39, 0.29) is 0 Å². The summed E-state index contributed by atoms with van der Waals surface area (Å²) < 4.78 is 5.60.